The maximum absolute atomic E-state index is 5.73. The molecule has 6 aromatic carbocycles. The first-order valence-corrected chi connectivity index (χ1v) is 16.3. The van der Waals surface area contributed by atoms with Gasteiger partial charge in [0, 0.05) is 0 Å². The Bertz CT molecular complexity index is 1580. The fourth-order valence-electron chi connectivity index (χ4n) is 5.65. The molecule has 0 fully saturated rings. The average molecular weight is 501 g/mol. The number of benzene rings is 6. The second-order valence-electron chi connectivity index (χ2n) is 9.30. The molecule has 6 rings (SSSR count). The van der Waals surface area contributed by atoms with Crippen LogP contribution in [0.2, 0.25) is 13.1 Å². The predicted molar refractivity (Wildman–Crippen MR) is 158 cm³/mol. The number of rotatable bonds is 6. The Morgan fingerprint density at radius 3 is 1.25 bits per heavy atom. The monoisotopic (exact) mass is 500 g/mol. The van der Waals surface area contributed by atoms with Crippen molar-refractivity contribution in [2.45, 2.75) is 13.1 Å². The van der Waals surface area contributed by atoms with Crippen molar-refractivity contribution in [3.63, 3.8) is 0 Å². The lowest BCUT2D eigenvalue weighted by atomic mass is 9.94. The Morgan fingerprint density at radius 1 is 0.444 bits per heavy atom. The molecule has 0 spiro atoms. The molecule has 0 heterocycles. The van der Waals surface area contributed by atoms with Crippen LogP contribution in [0, 0.1) is 0 Å². The van der Waals surface area contributed by atoms with Crippen LogP contribution in [0.4, 0.5) is 0 Å². The molecule has 6 aromatic rings. The first-order valence-electron chi connectivity index (χ1n) is 12.3. The molecule has 2 nitrogen and oxygen atoms in total. The molecule has 0 aliphatic rings. The number of hydrogen-bond donors (Lipinski definition) is 0. The molecule has 176 valence electrons. The molecule has 0 aromatic heterocycles. The molecule has 0 aliphatic heterocycles. The summed E-state index contributed by atoms with van der Waals surface area (Å²) in [6.45, 7) is 4.77. The van der Waals surface area contributed by atoms with E-state index in [2.05, 4.69) is 110 Å². The maximum atomic E-state index is 5.73. The van der Waals surface area contributed by atoms with E-state index in [1.54, 1.807) is 14.2 Å². The van der Waals surface area contributed by atoms with Crippen LogP contribution in [0.15, 0.2) is 97.1 Å². The van der Waals surface area contributed by atoms with Crippen molar-refractivity contribution in [2.24, 2.45) is 0 Å². The van der Waals surface area contributed by atoms with E-state index in [1.165, 1.54) is 53.1 Å². The zero-order chi connectivity index (χ0) is 24.8. The van der Waals surface area contributed by atoms with E-state index in [0.717, 1.165) is 11.5 Å². The van der Waals surface area contributed by atoms with Crippen molar-refractivity contribution in [2.75, 3.05) is 14.2 Å². The van der Waals surface area contributed by atoms with Crippen LogP contribution in [-0.2, 0) is 0 Å². The highest BCUT2D eigenvalue weighted by Gasteiger charge is 2.22. The third-order valence-electron chi connectivity index (χ3n) is 7.49. The van der Waals surface area contributed by atoms with Gasteiger partial charge < -0.3 is 9.47 Å². The maximum Gasteiger partial charge on any atom is 0.124 e. The van der Waals surface area contributed by atoms with Gasteiger partial charge in [0.05, 0.1) is 14.2 Å². The van der Waals surface area contributed by atoms with Crippen LogP contribution in [0.1, 0.15) is 0 Å². The molecular weight excluding hydrogens is 473 g/mol. The number of ether oxygens (including phenoxy) is 2. The summed E-state index contributed by atoms with van der Waals surface area (Å²) in [7, 11) is 1.50. The first-order chi connectivity index (χ1) is 17.6. The molecule has 0 saturated carbocycles. The molecule has 2 radical (unpaired) electrons. The summed E-state index contributed by atoms with van der Waals surface area (Å²) in [6.07, 6.45) is 0. The van der Waals surface area contributed by atoms with E-state index in [0.29, 0.717) is 0 Å². The molecule has 36 heavy (non-hydrogen) atoms. The van der Waals surface area contributed by atoms with Gasteiger partial charge in [-0.2, -0.15) is 0 Å². The minimum atomic E-state index is -1.02. The lowest BCUT2D eigenvalue weighted by molar-refractivity contribution is 0.418. The fourth-order valence-corrected chi connectivity index (χ4v) is 9.93. The summed E-state index contributed by atoms with van der Waals surface area (Å²) in [5.41, 5.74) is 0. The molecule has 0 N–H and O–H groups in total. The van der Waals surface area contributed by atoms with Crippen LogP contribution in [-0.4, -0.2) is 31.8 Å². The normalized spacial score (nSPS) is 11.8. The highest BCUT2D eigenvalue weighted by Crippen LogP contribution is 2.33. The van der Waals surface area contributed by atoms with E-state index in [1.807, 2.05) is 0 Å². The van der Waals surface area contributed by atoms with Gasteiger partial charge in [0.1, 0.15) is 29.1 Å². The largest absolute Gasteiger partial charge is 0.497 e. The van der Waals surface area contributed by atoms with Crippen molar-refractivity contribution >= 4 is 70.7 Å². The Balaban J connectivity index is 1.59. The summed E-state index contributed by atoms with van der Waals surface area (Å²) < 4.78 is 11.5. The van der Waals surface area contributed by atoms with Gasteiger partial charge in [-0.25, -0.2) is 0 Å². The first kappa shape index (κ1) is 22.8. The van der Waals surface area contributed by atoms with Crippen molar-refractivity contribution in [3.05, 3.63) is 97.1 Å². The average Bonchev–Trinajstić information content (AvgIpc) is 2.94. The predicted octanol–water partition coefficient (Wildman–Crippen LogP) is 5.08. The zero-order valence-electron chi connectivity index (χ0n) is 21.1. The molecule has 0 saturated heterocycles. The van der Waals surface area contributed by atoms with Gasteiger partial charge >= 0.3 is 0 Å². The summed E-state index contributed by atoms with van der Waals surface area (Å²) in [4.78, 5) is 0. The zero-order valence-corrected chi connectivity index (χ0v) is 23.1. The molecule has 0 bridgehead atoms. The molecule has 0 aliphatic carbocycles. The van der Waals surface area contributed by atoms with Gasteiger partial charge in [-0.3, -0.25) is 0 Å². The third-order valence-corrected chi connectivity index (χ3v) is 12.4. The fraction of sp³-hybridized carbons (Fsp3) is 0.125. The molecule has 4 heteroatoms. The van der Waals surface area contributed by atoms with Crippen molar-refractivity contribution in [1.82, 2.24) is 0 Å². The van der Waals surface area contributed by atoms with Crippen molar-refractivity contribution in [3.8, 4) is 11.5 Å². The van der Waals surface area contributed by atoms with Crippen LogP contribution in [0.3, 0.4) is 0 Å². The standard InChI is InChI=1S/C32H28O2Si2/c1-33-25-9-5-7-11-29(25)35(3)27-19-15-21-14-18-24-28(36(4)30-12-8-6-10-26(30)34-2)20-16-22-13-17-23(27)31(21)32(22)24/h5-20H,1-4H3. The quantitative estimate of drug-likeness (QED) is 0.235. The van der Waals surface area contributed by atoms with E-state index in [4.69, 9.17) is 9.47 Å². The minimum absolute atomic E-state index is 0.983. The highest BCUT2D eigenvalue weighted by atomic mass is 28.3. The summed E-state index contributed by atoms with van der Waals surface area (Å²) in [6, 6.07) is 35.5. The van der Waals surface area contributed by atoms with Crippen molar-refractivity contribution in [1.29, 1.82) is 0 Å². The van der Waals surface area contributed by atoms with Gasteiger partial charge in [0.25, 0.3) is 0 Å². The van der Waals surface area contributed by atoms with Crippen LogP contribution in [0.5, 0.6) is 11.5 Å². The number of methoxy groups -OCH3 is 2. The van der Waals surface area contributed by atoms with Crippen LogP contribution >= 0.6 is 0 Å². The van der Waals surface area contributed by atoms with E-state index in [9.17, 15) is 0 Å². The van der Waals surface area contributed by atoms with Gasteiger partial charge in [-0.05, 0) is 65.2 Å². The SMILES string of the molecule is COc1ccccc1[Si](C)c1ccc2ccc3c([Si](C)c4ccccc4OC)ccc4ccc1c2c43. The smallest absolute Gasteiger partial charge is 0.124 e. The van der Waals surface area contributed by atoms with Gasteiger partial charge in [-0.1, -0.05) is 98.0 Å². The highest BCUT2D eigenvalue weighted by molar-refractivity contribution is 6.87. The Hall–Kier alpha value is -3.61. The molecule has 0 amide bonds. The third kappa shape index (κ3) is 3.52. The minimum Gasteiger partial charge on any atom is -0.497 e. The summed E-state index contributed by atoms with van der Waals surface area (Å²) in [5.74, 6) is 1.97. The van der Waals surface area contributed by atoms with E-state index < -0.39 is 17.6 Å². The van der Waals surface area contributed by atoms with Gasteiger partial charge in [0.15, 0.2) is 0 Å². The topological polar surface area (TPSA) is 18.5 Å². The van der Waals surface area contributed by atoms with Crippen molar-refractivity contribution < 1.29 is 9.47 Å². The second kappa shape index (κ2) is 9.12. The van der Waals surface area contributed by atoms with Gasteiger partial charge in [-0.15, -0.1) is 0 Å². The Morgan fingerprint density at radius 2 is 0.833 bits per heavy atom. The van der Waals surface area contributed by atoms with Crippen LogP contribution in [0.25, 0.3) is 32.3 Å². The Labute approximate surface area is 215 Å². The second-order valence-corrected chi connectivity index (χ2v) is 14.0. The number of hydrogen-bond acceptors (Lipinski definition) is 2. The van der Waals surface area contributed by atoms with E-state index >= 15 is 0 Å². The molecule has 0 atom stereocenters. The lowest BCUT2D eigenvalue weighted by Gasteiger charge is -2.21. The summed E-state index contributed by atoms with van der Waals surface area (Å²) >= 11 is 0. The van der Waals surface area contributed by atoms with E-state index in [-0.39, 0.29) is 0 Å². The Kier molecular flexibility index (Phi) is 5.78. The number of para-hydroxylation sites is 2. The lowest BCUT2D eigenvalue weighted by Crippen LogP contribution is -2.41. The van der Waals surface area contributed by atoms with Gasteiger partial charge in [0.2, 0.25) is 0 Å². The van der Waals surface area contributed by atoms with Crippen LogP contribution < -0.4 is 30.2 Å². The molecule has 0 unspecified atom stereocenters. The molecular formula is C32H28O2Si2. The summed E-state index contributed by atoms with van der Waals surface area (Å²) in [5, 5.41) is 13.6.